The van der Waals surface area contributed by atoms with Gasteiger partial charge in [-0.05, 0) is 68.8 Å². The lowest BCUT2D eigenvalue weighted by Gasteiger charge is -2.29. The Balaban J connectivity index is 0.00000208. The number of hydrogen-bond donors (Lipinski definition) is 2. The average Bonchev–Trinajstić information content (AvgIpc) is 3.07. The van der Waals surface area contributed by atoms with Crippen molar-refractivity contribution in [3.05, 3.63) is 34.9 Å². The molecule has 1 aliphatic carbocycles. The number of piperidine rings is 1. The first-order valence-electron chi connectivity index (χ1n) is 8.96. The molecule has 1 heterocycles. The molecule has 0 spiro atoms. The lowest BCUT2D eigenvalue weighted by atomic mass is 9.78. The summed E-state index contributed by atoms with van der Waals surface area (Å²) in [6, 6.07) is 7.86. The van der Waals surface area contributed by atoms with Crippen LogP contribution in [-0.2, 0) is 10.2 Å². The van der Waals surface area contributed by atoms with Crippen molar-refractivity contribution in [3.8, 4) is 0 Å². The summed E-state index contributed by atoms with van der Waals surface area (Å²) in [4.78, 5) is 13.0. The van der Waals surface area contributed by atoms with Crippen molar-refractivity contribution in [1.82, 2.24) is 10.6 Å². The molecule has 1 aliphatic heterocycles. The zero-order valence-electron chi connectivity index (χ0n) is 14.2. The Morgan fingerprint density at radius 1 is 1.29 bits per heavy atom. The summed E-state index contributed by atoms with van der Waals surface area (Å²) < 4.78 is 0. The van der Waals surface area contributed by atoms with Crippen LogP contribution in [0.3, 0.4) is 0 Å². The molecule has 1 atom stereocenters. The molecule has 134 valence electrons. The molecule has 0 radical (unpaired) electrons. The van der Waals surface area contributed by atoms with E-state index in [2.05, 4.69) is 16.7 Å². The molecule has 3 rings (SSSR count). The molecular weight excluding hydrogens is 343 g/mol. The van der Waals surface area contributed by atoms with Crippen molar-refractivity contribution in [3.63, 3.8) is 0 Å². The smallest absolute Gasteiger partial charge is 0.230 e. The second kappa shape index (κ2) is 9.07. The molecule has 3 nitrogen and oxygen atoms in total. The topological polar surface area (TPSA) is 41.1 Å². The first kappa shape index (κ1) is 19.6. The van der Waals surface area contributed by atoms with E-state index in [1.54, 1.807) is 0 Å². The van der Waals surface area contributed by atoms with Crippen molar-refractivity contribution < 1.29 is 4.79 Å². The zero-order valence-corrected chi connectivity index (χ0v) is 15.7. The molecule has 1 aromatic carbocycles. The standard InChI is InChI=1S/C19H27ClN2O.ClH/c20-17-7-3-6-16(13-17)19(9-1-2-10-19)18(23)22-12-8-15-5-4-11-21-14-15;/h3,6-7,13,15,21H,1-2,4-5,8-12,14H2,(H,22,23);1H. The van der Waals surface area contributed by atoms with Crippen LogP contribution in [-0.4, -0.2) is 25.5 Å². The number of hydrogen-bond acceptors (Lipinski definition) is 2. The maximum atomic E-state index is 13.0. The third-order valence-corrected chi connectivity index (χ3v) is 5.74. The van der Waals surface area contributed by atoms with E-state index >= 15 is 0 Å². The summed E-state index contributed by atoms with van der Waals surface area (Å²) in [5.74, 6) is 0.899. The molecule has 2 fully saturated rings. The van der Waals surface area contributed by atoms with Gasteiger partial charge < -0.3 is 10.6 Å². The summed E-state index contributed by atoms with van der Waals surface area (Å²) in [6.45, 7) is 3.02. The average molecular weight is 371 g/mol. The van der Waals surface area contributed by atoms with Gasteiger partial charge in [0.25, 0.3) is 0 Å². The molecule has 0 bridgehead atoms. The molecule has 0 aromatic heterocycles. The van der Waals surface area contributed by atoms with Gasteiger partial charge in [0.1, 0.15) is 0 Å². The highest BCUT2D eigenvalue weighted by molar-refractivity contribution is 6.30. The Kier molecular flexibility index (Phi) is 7.39. The van der Waals surface area contributed by atoms with Gasteiger partial charge in [-0.25, -0.2) is 0 Å². The van der Waals surface area contributed by atoms with Crippen LogP contribution in [0.15, 0.2) is 24.3 Å². The van der Waals surface area contributed by atoms with Gasteiger partial charge in [-0.3, -0.25) is 4.79 Å². The SMILES string of the molecule is Cl.O=C(NCCC1CCCNC1)C1(c2cccc(Cl)c2)CCCC1. The van der Waals surface area contributed by atoms with Crippen LogP contribution in [0.25, 0.3) is 0 Å². The van der Waals surface area contributed by atoms with E-state index in [-0.39, 0.29) is 23.7 Å². The monoisotopic (exact) mass is 370 g/mol. The van der Waals surface area contributed by atoms with Gasteiger partial charge in [0.2, 0.25) is 5.91 Å². The fourth-order valence-corrected chi connectivity index (χ4v) is 4.33. The van der Waals surface area contributed by atoms with E-state index in [9.17, 15) is 4.79 Å². The van der Waals surface area contributed by atoms with E-state index < -0.39 is 0 Å². The number of benzene rings is 1. The minimum atomic E-state index is -0.365. The van der Waals surface area contributed by atoms with Gasteiger partial charge in [0.05, 0.1) is 5.41 Å². The molecule has 2 N–H and O–H groups in total. The van der Waals surface area contributed by atoms with Crippen molar-refractivity contribution in [2.24, 2.45) is 5.92 Å². The van der Waals surface area contributed by atoms with Crippen molar-refractivity contribution in [1.29, 1.82) is 0 Å². The number of rotatable bonds is 5. The normalized spacial score (nSPS) is 22.6. The summed E-state index contributed by atoms with van der Waals surface area (Å²) in [6.07, 6.45) is 7.71. The van der Waals surface area contributed by atoms with Crippen LogP contribution in [0, 0.1) is 5.92 Å². The van der Waals surface area contributed by atoms with Gasteiger partial charge >= 0.3 is 0 Å². The second-order valence-electron chi connectivity index (χ2n) is 7.06. The summed E-state index contributed by atoms with van der Waals surface area (Å²) >= 11 is 6.16. The van der Waals surface area contributed by atoms with Crippen LogP contribution >= 0.6 is 24.0 Å². The van der Waals surface area contributed by atoms with Gasteiger partial charge in [-0.15, -0.1) is 12.4 Å². The van der Waals surface area contributed by atoms with E-state index in [0.717, 1.165) is 62.3 Å². The molecule has 1 saturated carbocycles. The Hall–Kier alpha value is -0.770. The van der Waals surface area contributed by atoms with Crippen molar-refractivity contribution >= 4 is 29.9 Å². The zero-order chi connectivity index (χ0) is 16.1. The van der Waals surface area contributed by atoms with Crippen LogP contribution in [0.1, 0.15) is 50.5 Å². The second-order valence-corrected chi connectivity index (χ2v) is 7.49. The minimum Gasteiger partial charge on any atom is -0.355 e. The Bertz CT molecular complexity index is 538. The number of halogens is 2. The van der Waals surface area contributed by atoms with Gasteiger partial charge in [0, 0.05) is 11.6 Å². The Labute approximate surface area is 156 Å². The summed E-state index contributed by atoms with van der Waals surface area (Å²) in [7, 11) is 0. The largest absolute Gasteiger partial charge is 0.355 e. The quantitative estimate of drug-likeness (QED) is 0.819. The van der Waals surface area contributed by atoms with Crippen LogP contribution in [0.5, 0.6) is 0 Å². The fraction of sp³-hybridized carbons (Fsp3) is 0.632. The number of amides is 1. The van der Waals surface area contributed by atoms with Crippen molar-refractivity contribution in [2.75, 3.05) is 19.6 Å². The van der Waals surface area contributed by atoms with E-state index in [4.69, 9.17) is 11.6 Å². The third kappa shape index (κ3) is 4.44. The Morgan fingerprint density at radius 3 is 2.75 bits per heavy atom. The molecule has 1 amide bonds. The van der Waals surface area contributed by atoms with E-state index in [1.165, 1.54) is 12.8 Å². The molecule has 5 heteroatoms. The summed E-state index contributed by atoms with van der Waals surface area (Å²) in [5, 5.41) is 7.38. The van der Waals surface area contributed by atoms with Crippen LogP contribution in [0.2, 0.25) is 5.02 Å². The highest BCUT2D eigenvalue weighted by atomic mass is 35.5. The molecule has 24 heavy (non-hydrogen) atoms. The minimum absolute atomic E-state index is 0. The summed E-state index contributed by atoms with van der Waals surface area (Å²) in [5.41, 5.74) is 0.717. The number of nitrogens with one attached hydrogen (secondary N) is 2. The van der Waals surface area contributed by atoms with Gasteiger partial charge in [-0.1, -0.05) is 36.6 Å². The fourth-order valence-electron chi connectivity index (χ4n) is 4.14. The van der Waals surface area contributed by atoms with E-state index in [0.29, 0.717) is 5.92 Å². The van der Waals surface area contributed by atoms with Gasteiger partial charge in [-0.2, -0.15) is 0 Å². The Morgan fingerprint density at radius 2 is 2.08 bits per heavy atom. The number of carbonyl (C=O) groups is 1. The predicted octanol–water partition coefficient (Wildman–Crippen LogP) is 4.08. The lowest BCUT2D eigenvalue weighted by molar-refractivity contribution is -0.126. The van der Waals surface area contributed by atoms with Crippen molar-refractivity contribution in [2.45, 2.75) is 50.4 Å². The molecule has 1 saturated heterocycles. The van der Waals surface area contributed by atoms with Crippen LogP contribution < -0.4 is 10.6 Å². The highest BCUT2D eigenvalue weighted by Gasteiger charge is 2.42. The lowest BCUT2D eigenvalue weighted by Crippen LogP contribution is -2.43. The molecule has 1 aromatic rings. The first-order chi connectivity index (χ1) is 11.2. The highest BCUT2D eigenvalue weighted by Crippen LogP contribution is 2.42. The molecule has 2 aliphatic rings. The molecule has 1 unspecified atom stereocenters. The van der Waals surface area contributed by atoms with Crippen LogP contribution in [0.4, 0.5) is 0 Å². The predicted molar refractivity (Wildman–Crippen MR) is 102 cm³/mol. The maximum absolute atomic E-state index is 13.0. The van der Waals surface area contributed by atoms with Gasteiger partial charge in [0.15, 0.2) is 0 Å². The number of carbonyl (C=O) groups excluding carboxylic acids is 1. The maximum Gasteiger partial charge on any atom is 0.230 e. The third-order valence-electron chi connectivity index (χ3n) is 5.51. The first-order valence-corrected chi connectivity index (χ1v) is 9.33. The molecular formula is C19H28Cl2N2O. The van der Waals surface area contributed by atoms with E-state index in [1.807, 2.05) is 18.2 Å².